The van der Waals surface area contributed by atoms with Crippen molar-refractivity contribution < 1.29 is 23.9 Å². The second-order valence-electron chi connectivity index (χ2n) is 7.51. The fraction of sp³-hybridized carbons (Fsp3) is 0.222. The van der Waals surface area contributed by atoms with E-state index in [1.54, 1.807) is 60.7 Å². The fourth-order valence-electron chi connectivity index (χ4n) is 3.31. The number of halogens is 1. The minimum Gasteiger partial charge on any atom is -0.492 e. The van der Waals surface area contributed by atoms with Crippen LogP contribution in [0.5, 0.6) is 11.5 Å². The first-order chi connectivity index (χ1) is 16.9. The Morgan fingerprint density at radius 2 is 1.31 bits per heavy atom. The molecule has 0 saturated heterocycles. The number of carbonyl (C=O) groups is 3. The fourth-order valence-corrected chi connectivity index (χ4v) is 3.44. The molecule has 7 nitrogen and oxygen atoms in total. The van der Waals surface area contributed by atoms with Gasteiger partial charge >= 0.3 is 0 Å². The minimum atomic E-state index is -0.350. The number of rotatable bonds is 11. The zero-order valence-corrected chi connectivity index (χ0v) is 20.4. The third-order valence-corrected chi connectivity index (χ3v) is 5.24. The van der Waals surface area contributed by atoms with Crippen molar-refractivity contribution >= 4 is 40.6 Å². The highest BCUT2D eigenvalue weighted by Crippen LogP contribution is 2.37. The van der Waals surface area contributed by atoms with E-state index in [1.165, 1.54) is 0 Å². The SMILES string of the molecule is CCOc1cc(NC(=O)c2ccccc2)c(OCC)cc1NC(=O)CCC(=O)c1ccc(Cl)cc1. The Balaban J connectivity index is 1.75. The molecule has 3 rings (SSSR count). The van der Waals surface area contributed by atoms with Crippen molar-refractivity contribution in [2.45, 2.75) is 26.7 Å². The van der Waals surface area contributed by atoms with Crippen molar-refractivity contribution in [1.82, 2.24) is 0 Å². The van der Waals surface area contributed by atoms with Crippen LogP contribution in [0.25, 0.3) is 0 Å². The number of nitrogens with one attached hydrogen (secondary N) is 2. The van der Waals surface area contributed by atoms with Crippen LogP contribution < -0.4 is 20.1 Å². The van der Waals surface area contributed by atoms with E-state index in [9.17, 15) is 14.4 Å². The smallest absolute Gasteiger partial charge is 0.255 e. The normalized spacial score (nSPS) is 10.4. The van der Waals surface area contributed by atoms with E-state index in [4.69, 9.17) is 21.1 Å². The Kier molecular flexibility index (Phi) is 9.26. The van der Waals surface area contributed by atoms with E-state index in [2.05, 4.69) is 10.6 Å². The largest absolute Gasteiger partial charge is 0.492 e. The number of ether oxygens (including phenoxy) is 2. The molecule has 0 saturated carbocycles. The standard InChI is InChI=1S/C27H27ClN2O5/c1-3-34-24-17-22(30-27(33)19-8-6-5-7-9-19)25(35-4-2)16-21(24)29-26(32)15-14-23(31)18-10-12-20(28)13-11-18/h5-13,16-17H,3-4,14-15H2,1-2H3,(H,29,32)(H,30,33). The summed E-state index contributed by atoms with van der Waals surface area (Å²) in [6.07, 6.45) is 0.0322. The van der Waals surface area contributed by atoms with Gasteiger partial charge in [0.05, 0.1) is 24.6 Å². The molecule has 0 unspecified atom stereocenters. The Bertz CT molecular complexity index is 1180. The molecule has 0 radical (unpaired) electrons. The van der Waals surface area contributed by atoms with E-state index in [0.29, 0.717) is 52.2 Å². The molecule has 0 aliphatic rings. The number of Topliss-reactive ketones (excluding diaryl/α,β-unsaturated/α-hetero) is 1. The average Bonchev–Trinajstić information content (AvgIpc) is 2.86. The molecule has 0 atom stereocenters. The molecule has 0 spiro atoms. The van der Waals surface area contributed by atoms with Gasteiger partial charge in [-0.05, 0) is 50.2 Å². The third-order valence-electron chi connectivity index (χ3n) is 4.99. The van der Waals surface area contributed by atoms with Gasteiger partial charge in [-0.1, -0.05) is 29.8 Å². The van der Waals surface area contributed by atoms with Gasteiger partial charge in [0.1, 0.15) is 11.5 Å². The maximum atomic E-state index is 12.7. The van der Waals surface area contributed by atoms with Gasteiger partial charge in [0, 0.05) is 41.1 Å². The molecule has 182 valence electrons. The van der Waals surface area contributed by atoms with E-state index < -0.39 is 0 Å². The summed E-state index contributed by atoms with van der Waals surface area (Å²) in [6.45, 7) is 4.33. The number of anilines is 2. The van der Waals surface area contributed by atoms with Gasteiger partial charge in [-0.3, -0.25) is 14.4 Å². The van der Waals surface area contributed by atoms with Gasteiger partial charge in [-0.15, -0.1) is 0 Å². The summed E-state index contributed by atoms with van der Waals surface area (Å²) in [7, 11) is 0. The number of hydrogen-bond donors (Lipinski definition) is 2. The predicted octanol–water partition coefficient (Wildman–Crippen LogP) is 5.99. The molecule has 35 heavy (non-hydrogen) atoms. The molecule has 0 aromatic heterocycles. The Morgan fingerprint density at radius 3 is 1.89 bits per heavy atom. The third kappa shape index (κ3) is 7.32. The second kappa shape index (κ2) is 12.6. The van der Waals surface area contributed by atoms with Crippen LogP contribution in [0.15, 0.2) is 66.7 Å². The van der Waals surface area contributed by atoms with Crippen molar-refractivity contribution in [3.8, 4) is 11.5 Å². The van der Waals surface area contributed by atoms with E-state index in [-0.39, 0.29) is 30.4 Å². The highest BCUT2D eigenvalue weighted by molar-refractivity contribution is 6.30. The van der Waals surface area contributed by atoms with Gasteiger partial charge in [-0.25, -0.2) is 0 Å². The lowest BCUT2D eigenvalue weighted by atomic mass is 10.1. The van der Waals surface area contributed by atoms with Crippen LogP contribution in [0.3, 0.4) is 0 Å². The Hall–Kier alpha value is -3.84. The molecule has 3 aromatic carbocycles. The maximum Gasteiger partial charge on any atom is 0.255 e. The van der Waals surface area contributed by atoms with Crippen LogP contribution >= 0.6 is 11.6 Å². The summed E-state index contributed by atoms with van der Waals surface area (Å²) in [6, 6.07) is 18.6. The molecule has 0 aliphatic heterocycles. The molecule has 0 bridgehead atoms. The molecule has 3 aromatic rings. The summed E-state index contributed by atoms with van der Waals surface area (Å²) < 4.78 is 11.4. The molecular formula is C27H27ClN2O5. The summed E-state index contributed by atoms with van der Waals surface area (Å²) in [5.41, 5.74) is 1.79. The van der Waals surface area contributed by atoms with Crippen LogP contribution in [0.2, 0.25) is 5.02 Å². The summed E-state index contributed by atoms with van der Waals surface area (Å²) in [4.78, 5) is 37.7. The highest BCUT2D eigenvalue weighted by Gasteiger charge is 2.17. The monoisotopic (exact) mass is 494 g/mol. The van der Waals surface area contributed by atoms with Crippen molar-refractivity contribution in [2.24, 2.45) is 0 Å². The molecule has 8 heteroatoms. The first-order valence-corrected chi connectivity index (χ1v) is 11.7. The predicted molar refractivity (Wildman–Crippen MR) is 137 cm³/mol. The number of amides is 2. The summed E-state index contributed by atoms with van der Waals surface area (Å²) in [5, 5.41) is 6.17. The molecule has 2 amide bonds. The summed E-state index contributed by atoms with van der Waals surface area (Å²) >= 11 is 5.86. The number of ketones is 1. The topological polar surface area (TPSA) is 93.7 Å². The molecular weight excluding hydrogens is 468 g/mol. The maximum absolute atomic E-state index is 12.7. The molecule has 0 heterocycles. The van der Waals surface area contributed by atoms with E-state index in [0.717, 1.165) is 0 Å². The van der Waals surface area contributed by atoms with Crippen molar-refractivity contribution in [3.63, 3.8) is 0 Å². The number of hydrogen-bond acceptors (Lipinski definition) is 5. The number of benzene rings is 3. The van der Waals surface area contributed by atoms with Crippen molar-refractivity contribution in [3.05, 3.63) is 82.9 Å². The lowest BCUT2D eigenvalue weighted by molar-refractivity contribution is -0.116. The lowest BCUT2D eigenvalue weighted by Crippen LogP contribution is -2.16. The van der Waals surface area contributed by atoms with Crippen molar-refractivity contribution in [1.29, 1.82) is 0 Å². The zero-order valence-electron chi connectivity index (χ0n) is 19.6. The van der Waals surface area contributed by atoms with Crippen LogP contribution in [0.4, 0.5) is 11.4 Å². The molecule has 2 N–H and O–H groups in total. The van der Waals surface area contributed by atoms with E-state index >= 15 is 0 Å². The highest BCUT2D eigenvalue weighted by atomic mass is 35.5. The van der Waals surface area contributed by atoms with Crippen LogP contribution in [-0.4, -0.2) is 30.8 Å². The van der Waals surface area contributed by atoms with Crippen LogP contribution in [0.1, 0.15) is 47.4 Å². The summed E-state index contributed by atoms with van der Waals surface area (Å²) in [5.74, 6) is -0.0522. The van der Waals surface area contributed by atoms with Crippen LogP contribution in [-0.2, 0) is 4.79 Å². The quantitative estimate of drug-likeness (QED) is 0.319. The van der Waals surface area contributed by atoms with Gasteiger partial charge in [0.2, 0.25) is 5.91 Å². The van der Waals surface area contributed by atoms with Gasteiger partial charge in [-0.2, -0.15) is 0 Å². The minimum absolute atomic E-state index is 0.0104. The first kappa shape index (κ1) is 25.8. The molecule has 0 aliphatic carbocycles. The first-order valence-electron chi connectivity index (χ1n) is 11.3. The van der Waals surface area contributed by atoms with Gasteiger partial charge in [0.15, 0.2) is 5.78 Å². The zero-order chi connectivity index (χ0) is 25.2. The average molecular weight is 495 g/mol. The van der Waals surface area contributed by atoms with Crippen molar-refractivity contribution in [2.75, 3.05) is 23.8 Å². The lowest BCUT2D eigenvalue weighted by Gasteiger charge is -2.18. The van der Waals surface area contributed by atoms with Crippen LogP contribution in [0, 0.1) is 0 Å². The van der Waals surface area contributed by atoms with Gasteiger partial charge < -0.3 is 20.1 Å². The van der Waals surface area contributed by atoms with Gasteiger partial charge in [0.25, 0.3) is 5.91 Å². The Labute approximate surface area is 209 Å². The Morgan fingerprint density at radius 1 is 0.743 bits per heavy atom. The molecule has 0 fully saturated rings. The number of carbonyl (C=O) groups excluding carboxylic acids is 3. The second-order valence-corrected chi connectivity index (χ2v) is 7.95. The van der Waals surface area contributed by atoms with E-state index in [1.807, 2.05) is 19.9 Å².